The Morgan fingerprint density at radius 1 is 1.14 bits per heavy atom. The zero-order chi connectivity index (χ0) is 20.1. The maximum atomic E-state index is 12.3. The molecule has 0 saturated heterocycles. The molecule has 1 N–H and O–H groups in total. The first-order valence-electron chi connectivity index (χ1n) is 9.30. The summed E-state index contributed by atoms with van der Waals surface area (Å²) in [5.74, 6) is 0.755. The van der Waals surface area contributed by atoms with Gasteiger partial charge in [0.2, 0.25) is 5.89 Å². The SMILES string of the molecule is Cc1cccc(CCNC(=O)c2coc(COc3cccc4cnccc34)n2)n1. The van der Waals surface area contributed by atoms with E-state index in [1.54, 1.807) is 12.4 Å². The molecule has 0 aliphatic carbocycles. The molecule has 7 nitrogen and oxygen atoms in total. The van der Waals surface area contributed by atoms with Crippen LogP contribution >= 0.6 is 0 Å². The largest absolute Gasteiger partial charge is 0.483 e. The monoisotopic (exact) mass is 388 g/mol. The maximum Gasteiger partial charge on any atom is 0.273 e. The smallest absolute Gasteiger partial charge is 0.273 e. The van der Waals surface area contributed by atoms with Gasteiger partial charge in [-0.1, -0.05) is 18.2 Å². The summed E-state index contributed by atoms with van der Waals surface area (Å²) in [7, 11) is 0. The molecule has 0 saturated carbocycles. The number of ether oxygens (including phenoxy) is 1. The fraction of sp³-hybridized carbons (Fsp3) is 0.182. The molecule has 0 atom stereocenters. The number of aromatic nitrogens is 3. The molecular formula is C22H20N4O3. The molecule has 0 bridgehead atoms. The Labute approximate surface area is 167 Å². The van der Waals surface area contributed by atoms with E-state index in [4.69, 9.17) is 9.15 Å². The maximum absolute atomic E-state index is 12.3. The predicted octanol–water partition coefficient (Wildman–Crippen LogP) is 3.48. The van der Waals surface area contributed by atoms with Crippen molar-refractivity contribution in [2.45, 2.75) is 20.0 Å². The third kappa shape index (κ3) is 4.57. The number of fused-ring (bicyclic) bond motifs is 1. The van der Waals surface area contributed by atoms with E-state index in [0.717, 1.165) is 22.2 Å². The lowest BCUT2D eigenvalue weighted by Crippen LogP contribution is -2.26. The Balaban J connectivity index is 1.32. The van der Waals surface area contributed by atoms with Gasteiger partial charge >= 0.3 is 0 Å². The lowest BCUT2D eigenvalue weighted by Gasteiger charge is -2.07. The van der Waals surface area contributed by atoms with Crippen LogP contribution in [-0.4, -0.2) is 27.4 Å². The van der Waals surface area contributed by atoms with Gasteiger partial charge in [-0.05, 0) is 31.2 Å². The van der Waals surface area contributed by atoms with E-state index in [9.17, 15) is 4.79 Å². The number of benzene rings is 1. The van der Waals surface area contributed by atoms with Gasteiger partial charge in [0.25, 0.3) is 5.91 Å². The molecule has 0 fully saturated rings. The zero-order valence-corrected chi connectivity index (χ0v) is 16.0. The van der Waals surface area contributed by atoms with Crippen LogP contribution in [0.15, 0.2) is 65.5 Å². The number of aryl methyl sites for hydroxylation is 1. The van der Waals surface area contributed by atoms with E-state index in [-0.39, 0.29) is 18.2 Å². The van der Waals surface area contributed by atoms with Gasteiger partial charge in [-0.3, -0.25) is 14.8 Å². The van der Waals surface area contributed by atoms with Crippen LogP contribution in [0.5, 0.6) is 5.75 Å². The average molecular weight is 388 g/mol. The first-order chi connectivity index (χ1) is 14.2. The number of rotatable bonds is 7. The third-order valence-corrected chi connectivity index (χ3v) is 4.39. The van der Waals surface area contributed by atoms with Crippen molar-refractivity contribution in [3.05, 3.63) is 84.1 Å². The van der Waals surface area contributed by atoms with Gasteiger partial charge < -0.3 is 14.5 Å². The van der Waals surface area contributed by atoms with Gasteiger partial charge in [0.05, 0.1) is 0 Å². The number of oxazole rings is 1. The summed E-state index contributed by atoms with van der Waals surface area (Å²) in [6, 6.07) is 13.5. The van der Waals surface area contributed by atoms with E-state index in [0.29, 0.717) is 24.6 Å². The molecule has 4 rings (SSSR count). The molecule has 0 aliphatic heterocycles. The van der Waals surface area contributed by atoms with Crippen molar-refractivity contribution in [2.24, 2.45) is 0 Å². The van der Waals surface area contributed by atoms with Crippen molar-refractivity contribution in [3.63, 3.8) is 0 Å². The minimum Gasteiger partial charge on any atom is -0.483 e. The highest BCUT2D eigenvalue weighted by Crippen LogP contribution is 2.25. The third-order valence-electron chi connectivity index (χ3n) is 4.39. The van der Waals surface area contributed by atoms with Gasteiger partial charge in [0, 0.05) is 47.5 Å². The lowest BCUT2D eigenvalue weighted by atomic mass is 10.1. The Morgan fingerprint density at radius 2 is 2.03 bits per heavy atom. The van der Waals surface area contributed by atoms with Gasteiger partial charge in [-0.2, -0.15) is 0 Å². The van der Waals surface area contributed by atoms with Crippen molar-refractivity contribution in [3.8, 4) is 5.75 Å². The lowest BCUT2D eigenvalue weighted by molar-refractivity contribution is 0.0949. The molecule has 4 aromatic rings. The van der Waals surface area contributed by atoms with Crippen molar-refractivity contribution in [1.82, 2.24) is 20.3 Å². The summed E-state index contributed by atoms with van der Waals surface area (Å²) in [5, 5.41) is 4.77. The van der Waals surface area contributed by atoms with E-state index in [1.807, 2.05) is 49.4 Å². The van der Waals surface area contributed by atoms with Crippen LogP contribution in [0.4, 0.5) is 0 Å². The average Bonchev–Trinajstić information content (AvgIpc) is 3.21. The summed E-state index contributed by atoms with van der Waals surface area (Å²) in [4.78, 5) is 25.0. The first-order valence-corrected chi connectivity index (χ1v) is 9.30. The summed E-state index contributed by atoms with van der Waals surface area (Å²) >= 11 is 0. The normalized spacial score (nSPS) is 10.8. The molecule has 0 radical (unpaired) electrons. The van der Waals surface area contributed by atoms with Crippen molar-refractivity contribution >= 4 is 16.7 Å². The predicted molar refractivity (Wildman–Crippen MR) is 108 cm³/mol. The van der Waals surface area contributed by atoms with Crippen LogP contribution in [0.2, 0.25) is 0 Å². The van der Waals surface area contributed by atoms with Gasteiger partial charge in [0.1, 0.15) is 12.0 Å². The fourth-order valence-electron chi connectivity index (χ4n) is 2.97. The van der Waals surface area contributed by atoms with E-state index in [2.05, 4.69) is 20.3 Å². The Kier molecular flexibility index (Phi) is 5.47. The number of hydrogen-bond acceptors (Lipinski definition) is 6. The molecule has 0 aliphatic rings. The Hall–Kier alpha value is -3.74. The highest BCUT2D eigenvalue weighted by atomic mass is 16.5. The molecule has 0 spiro atoms. The van der Waals surface area contributed by atoms with Gasteiger partial charge in [-0.25, -0.2) is 4.98 Å². The molecule has 29 heavy (non-hydrogen) atoms. The van der Waals surface area contributed by atoms with E-state index >= 15 is 0 Å². The number of nitrogens with zero attached hydrogens (tertiary/aromatic N) is 3. The first kappa shape index (κ1) is 18.6. The highest BCUT2D eigenvalue weighted by Gasteiger charge is 2.13. The summed E-state index contributed by atoms with van der Waals surface area (Å²) < 4.78 is 11.2. The van der Waals surface area contributed by atoms with Crippen LogP contribution in [0.3, 0.4) is 0 Å². The number of nitrogens with one attached hydrogen (secondary N) is 1. The van der Waals surface area contributed by atoms with Crippen molar-refractivity contribution < 1.29 is 13.9 Å². The second-order valence-electron chi connectivity index (χ2n) is 6.54. The number of amides is 1. The van der Waals surface area contributed by atoms with E-state index in [1.165, 1.54) is 6.26 Å². The fourth-order valence-corrected chi connectivity index (χ4v) is 2.97. The number of carbonyl (C=O) groups excluding carboxylic acids is 1. The Morgan fingerprint density at radius 3 is 2.93 bits per heavy atom. The molecular weight excluding hydrogens is 368 g/mol. The summed E-state index contributed by atoms with van der Waals surface area (Å²) in [6.07, 6.45) is 5.49. The quantitative estimate of drug-likeness (QED) is 0.521. The van der Waals surface area contributed by atoms with Gasteiger partial charge in [0.15, 0.2) is 12.3 Å². The van der Waals surface area contributed by atoms with Crippen molar-refractivity contribution in [1.29, 1.82) is 0 Å². The molecule has 146 valence electrons. The second kappa shape index (κ2) is 8.52. The summed E-state index contributed by atoms with van der Waals surface area (Å²) in [5.41, 5.74) is 2.12. The highest BCUT2D eigenvalue weighted by molar-refractivity contribution is 5.91. The molecule has 1 aromatic carbocycles. The number of carbonyl (C=O) groups is 1. The summed E-state index contributed by atoms with van der Waals surface area (Å²) in [6.45, 7) is 2.54. The van der Waals surface area contributed by atoms with Crippen LogP contribution in [0.25, 0.3) is 10.8 Å². The second-order valence-corrected chi connectivity index (χ2v) is 6.54. The topological polar surface area (TPSA) is 90.1 Å². The molecule has 1 amide bonds. The van der Waals surface area contributed by atoms with E-state index < -0.39 is 0 Å². The van der Waals surface area contributed by atoms with Crippen LogP contribution in [0, 0.1) is 6.92 Å². The standard InChI is InChI=1S/C22H20N4O3/c1-15-4-2-6-17(25-15)8-11-24-22(27)19-13-29-21(26-19)14-28-20-7-3-5-16-12-23-10-9-18(16)20/h2-7,9-10,12-13H,8,11,14H2,1H3,(H,24,27). The molecule has 7 heteroatoms. The minimum atomic E-state index is -0.288. The van der Waals surface area contributed by atoms with Crippen LogP contribution in [-0.2, 0) is 13.0 Å². The molecule has 3 heterocycles. The van der Waals surface area contributed by atoms with Crippen molar-refractivity contribution in [2.75, 3.05) is 6.54 Å². The van der Waals surface area contributed by atoms with Crippen LogP contribution < -0.4 is 10.1 Å². The zero-order valence-electron chi connectivity index (χ0n) is 16.0. The van der Waals surface area contributed by atoms with Crippen LogP contribution in [0.1, 0.15) is 27.8 Å². The Bertz CT molecular complexity index is 1130. The molecule has 0 unspecified atom stereocenters. The number of hydrogen-bond donors (Lipinski definition) is 1. The van der Waals surface area contributed by atoms with Gasteiger partial charge in [-0.15, -0.1) is 0 Å². The number of pyridine rings is 2. The minimum absolute atomic E-state index is 0.127. The molecule has 3 aromatic heterocycles.